The average Bonchev–Trinajstić information content (AvgIpc) is 2.83. The number of anilines is 2. The first-order valence-corrected chi connectivity index (χ1v) is 11.5. The average molecular weight is 425 g/mol. The molecule has 0 bridgehead atoms. The van der Waals surface area contributed by atoms with Crippen LogP contribution < -0.4 is 9.80 Å². The summed E-state index contributed by atoms with van der Waals surface area (Å²) in [5, 5.41) is 0. The Morgan fingerprint density at radius 1 is 0.656 bits per heavy atom. The van der Waals surface area contributed by atoms with Crippen molar-refractivity contribution in [3.8, 4) is 0 Å². The molecule has 0 radical (unpaired) electrons. The van der Waals surface area contributed by atoms with Crippen LogP contribution in [0.25, 0.3) is 0 Å². The second-order valence-corrected chi connectivity index (χ2v) is 8.97. The van der Waals surface area contributed by atoms with Gasteiger partial charge in [-0.05, 0) is 87.1 Å². The molecule has 2 amide bonds. The highest BCUT2D eigenvalue weighted by atomic mass is 16.2. The van der Waals surface area contributed by atoms with Gasteiger partial charge in [0.1, 0.15) is 0 Å². The summed E-state index contributed by atoms with van der Waals surface area (Å²) >= 11 is 0. The van der Waals surface area contributed by atoms with Gasteiger partial charge >= 0.3 is 0 Å². The Hall–Kier alpha value is -3.40. The minimum absolute atomic E-state index is 0.0420. The van der Waals surface area contributed by atoms with Crippen LogP contribution in [0.1, 0.15) is 58.5 Å². The van der Waals surface area contributed by atoms with Crippen molar-refractivity contribution in [3.05, 3.63) is 95.1 Å². The van der Waals surface area contributed by atoms with Gasteiger partial charge in [-0.2, -0.15) is 0 Å². The summed E-state index contributed by atoms with van der Waals surface area (Å²) in [6, 6.07) is 23.6. The quantitative estimate of drug-likeness (QED) is 0.533. The van der Waals surface area contributed by atoms with Gasteiger partial charge in [0, 0.05) is 34.6 Å². The number of aryl methyl sites for hydroxylation is 2. The first kappa shape index (κ1) is 20.5. The molecule has 0 N–H and O–H groups in total. The molecule has 2 heterocycles. The van der Waals surface area contributed by atoms with E-state index in [2.05, 4.69) is 26.0 Å². The summed E-state index contributed by atoms with van der Waals surface area (Å²) < 4.78 is 0. The van der Waals surface area contributed by atoms with Crippen LogP contribution in [0, 0.1) is 0 Å². The Morgan fingerprint density at radius 3 is 1.41 bits per heavy atom. The molecule has 162 valence electrons. The molecule has 4 heteroatoms. The molecular weight excluding hydrogens is 396 g/mol. The lowest BCUT2D eigenvalue weighted by molar-refractivity contribution is 0.0965. The summed E-state index contributed by atoms with van der Waals surface area (Å²) in [6.45, 7) is 4.24. The summed E-state index contributed by atoms with van der Waals surface area (Å²) in [7, 11) is 0. The van der Waals surface area contributed by atoms with Gasteiger partial charge in [0.15, 0.2) is 0 Å². The van der Waals surface area contributed by atoms with Gasteiger partial charge in [0.25, 0.3) is 11.8 Å². The standard InChI is InChI=1S/C28H28N2O2/c1-19-13-15-23-18-26-24(17-25(23)29(19)27(31)21-9-5-3-6-10-21)16-14-20(2)30(26)28(32)22-11-7-4-8-12-22/h3-12,17-20H,13-16H2,1-2H3/t19-,20-/m0/s1. The van der Waals surface area contributed by atoms with Crippen LogP contribution in [0.15, 0.2) is 72.8 Å². The van der Waals surface area contributed by atoms with Gasteiger partial charge < -0.3 is 9.80 Å². The van der Waals surface area contributed by atoms with E-state index in [1.807, 2.05) is 70.5 Å². The van der Waals surface area contributed by atoms with Crippen molar-refractivity contribution < 1.29 is 9.59 Å². The number of hydrogen-bond donors (Lipinski definition) is 0. The van der Waals surface area contributed by atoms with Crippen LogP contribution in [0.5, 0.6) is 0 Å². The van der Waals surface area contributed by atoms with Crippen molar-refractivity contribution in [2.75, 3.05) is 9.80 Å². The van der Waals surface area contributed by atoms with E-state index in [0.29, 0.717) is 11.1 Å². The molecular formula is C28H28N2O2. The molecule has 2 atom stereocenters. The third-order valence-electron chi connectivity index (χ3n) is 6.82. The second-order valence-electron chi connectivity index (χ2n) is 8.97. The zero-order chi connectivity index (χ0) is 22.2. The number of benzene rings is 3. The predicted octanol–water partition coefficient (Wildman–Crippen LogP) is 5.65. The minimum Gasteiger partial charge on any atom is -0.305 e. The van der Waals surface area contributed by atoms with Crippen molar-refractivity contribution in [1.29, 1.82) is 0 Å². The molecule has 0 saturated heterocycles. The van der Waals surface area contributed by atoms with Gasteiger partial charge in [-0.15, -0.1) is 0 Å². The molecule has 0 fully saturated rings. The first-order valence-electron chi connectivity index (χ1n) is 11.5. The molecule has 0 saturated carbocycles. The third-order valence-corrected chi connectivity index (χ3v) is 6.82. The molecule has 2 aliphatic rings. The molecule has 0 aliphatic carbocycles. The van der Waals surface area contributed by atoms with Crippen LogP contribution in [0.3, 0.4) is 0 Å². The molecule has 2 aliphatic heterocycles. The lowest BCUT2D eigenvalue weighted by Crippen LogP contribution is -2.44. The molecule has 0 spiro atoms. The van der Waals surface area contributed by atoms with Gasteiger partial charge in [-0.3, -0.25) is 9.59 Å². The minimum atomic E-state index is 0.0420. The maximum Gasteiger partial charge on any atom is 0.258 e. The molecule has 5 rings (SSSR count). The number of amides is 2. The highest BCUT2D eigenvalue weighted by Crippen LogP contribution is 2.41. The Bertz CT molecular complexity index is 1060. The fraction of sp³-hybridized carbons (Fsp3) is 0.286. The largest absolute Gasteiger partial charge is 0.305 e. The number of carbonyl (C=O) groups is 2. The Kier molecular flexibility index (Phi) is 5.30. The lowest BCUT2D eigenvalue weighted by Gasteiger charge is -2.40. The highest BCUT2D eigenvalue weighted by Gasteiger charge is 2.34. The molecule has 0 aromatic heterocycles. The third kappa shape index (κ3) is 3.50. The number of hydrogen-bond acceptors (Lipinski definition) is 2. The summed E-state index contributed by atoms with van der Waals surface area (Å²) in [5.41, 5.74) is 5.70. The Balaban J connectivity index is 1.57. The fourth-order valence-electron chi connectivity index (χ4n) is 5.03. The van der Waals surface area contributed by atoms with Crippen molar-refractivity contribution in [1.82, 2.24) is 0 Å². The fourth-order valence-corrected chi connectivity index (χ4v) is 5.03. The number of carbonyl (C=O) groups excluding carboxylic acids is 2. The van der Waals surface area contributed by atoms with E-state index in [-0.39, 0.29) is 23.9 Å². The van der Waals surface area contributed by atoms with Gasteiger partial charge in [0.05, 0.1) is 0 Å². The van der Waals surface area contributed by atoms with Crippen LogP contribution in [0.2, 0.25) is 0 Å². The molecule has 4 nitrogen and oxygen atoms in total. The van der Waals surface area contributed by atoms with Crippen molar-refractivity contribution in [3.63, 3.8) is 0 Å². The zero-order valence-corrected chi connectivity index (χ0v) is 18.6. The maximum absolute atomic E-state index is 13.4. The van der Waals surface area contributed by atoms with E-state index in [1.54, 1.807) is 0 Å². The van der Waals surface area contributed by atoms with E-state index in [4.69, 9.17) is 0 Å². The lowest BCUT2D eigenvalue weighted by atomic mass is 9.89. The summed E-state index contributed by atoms with van der Waals surface area (Å²) in [5.74, 6) is 0.0841. The predicted molar refractivity (Wildman–Crippen MR) is 129 cm³/mol. The topological polar surface area (TPSA) is 40.6 Å². The monoisotopic (exact) mass is 424 g/mol. The Labute approximate surface area is 189 Å². The van der Waals surface area contributed by atoms with Gasteiger partial charge in [-0.25, -0.2) is 0 Å². The van der Waals surface area contributed by atoms with Crippen LogP contribution in [-0.2, 0) is 12.8 Å². The normalized spacial score (nSPS) is 19.8. The SMILES string of the molecule is C[C@H]1CCc2cc3c(cc2N1C(=O)c1ccccc1)CC[C@H](C)N3C(=O)c1ccccc1. The van der Waals surface area contributed by atoms with Crippen molar-refractivity contribution in [2.45, 2.75) is 51.6 Å². The second kappa shape index (κ2) is 8.27. The zero-order valence-electron chi connectivity index (χ0n) is 18.6. The van der Waals surface area contributed by atoms with Gasteiger partial charge in [-0.1, -0.05) is 36.4 Å². The highest BCUT2D eigenvalue weighted by molar-refractivity contribution is 6.09. The van der Waals surface area contributed by atoms with E-state index in [9.17, 15) is 9.59 Å². The van der Waals surface area contributed by atoms with E-state index in [0.717, 1.165) is 48.2 Å². The van der Waals surface area contributed by atoms with Crippen molar-refractivity contribution in [2.24, 2.45) is 0 Å². The smallest absolute Gasteiger partial charge is 0.258 e. The van der Waals surface area contributed by atoms with Crippen LogP contribution in [-0.4, -0.2) is 23.9 Å². The number of rotatable bonds is 2. The molecule has 3 aromatic rings. The molecule has 3 aromatic carbocycles. The summed E-state index contributed by atoms with van der Waals surface area (Å²) in [6.07, 6.45) is 3.63. The number of nitrogens with zero attached hydrogens (tertiary/aromatic N) is 2. The summed E-state index contributed by atoms with van der Waals surface area (Å²) in [4.78, 5) is 30.7. The van der Waals surface area contributed by atoms with E-state index in [1.165, 1.54) is 0 Å². The van der Waals surface area contributed by atoms with Gasteiger partial charge in [0.2, 0.25) is 0 Å². The van der Waals surface area contributed by atoms with E-state index >= 15 is 0 Å². The van der Waals surface area contributed by atoms with Crippen molar-refractivity contribution >= 4 is 23.2 Å². The number of fused-ring (bicyclic) bond motifs is 2. The molecule has 0 unspecified atom stereocenters. The van der Waals surface area contributed by atoms with Crippen LogP contribution >= 0.6 is 0 Å². The molecule has 32 heavy (non-hydrogen) atoms. The maximum atomic E-state index is 13.4. The Morgan fingerprint density at radius 2 is 1.03 bits per heavy atom. The van der Waals surface area contributed by atoms with Crippen LogP contribution in [0.4, 0.5) is 11.4 Å². The first-order chi connectivity index (χ1) is 15.5. The van der Waals surface area contributed by atoms with E-state index < -0.39 is 0 Å².